The maximum Gasteiger partial charge on any atom is 0.445 e. The third kappa shape index (κ3) is 6.43. The summed E-state index contributed by atoms with van der Waals surface area (Å²) in [6.07, 6.45) is -4.58. The second-order valence-electron chi connectivity index (χ2n) is 6.22. The van der Waals surface area contributed by atoms with Gasteiger partial charge in [-0.2, -0.15) is 13.2 Å². The highest BCUT2D eigenvalue weighted by atomic mass is 32.1. The van der Waals surface area contributed by atoms with Crippen LogP contribution in [-0.4, -0.2) is 53.9 Å². The SMILES string of the molecule is COCCN(C(=O)COc1nnc(C(F)(F)F)s1)C(C(C)C)C(C)C. The monoisotopic (exact) mass is 383 g/mol. The number of methoxy groups -OCH3 is 1. The molecule has 0 bridgehead atoms. The summed E-state index contributed by atoms with van der Waals surface area (Å²) in [7, 11) is 1.54. The molecule has 6 nitrogen and oxygen atoms in total. The Kier molecular flexibility index (Phi) is 8.07. The second kappa shape index (κ2) is 9.33. The fourth-order valence-electron chi connectivity index (χ4n) is 2.71. The molecular weight excluding hydrogens is 359 g/mol. The average Bonchev–Trinajstić information content (AvgIpc) is 2.97. The van der Waals surface area contributed by atoms with Crippen LogP contribution in [-0.2, 0) is 15.7 Å². The molecule has 0 aliphatic carbocycles. The number of amides is 1. The van der Waals surface area contributed by atoms with Crippen LogP contribution in [0.15, 0.2) is 0 Å². The van der Waals surface area contributed by atoms with Gasteiger partial charge in [0.25, 0.3) is 11.1 Å². The van der Waals surface area contributed by atoms with Gasteiger partial charge < -0.3 is 14.4 Å². The number of ether oxygens (including phenoxy) is 2. The van der Waals surface area contributed by atoms with Crippen molar-refractivity contribution in [2.45, 2.75) is 39.9 Å². The van der Waals surface area contributed by atoms with Crippen LogP contribution in [0.25, 0.3) is 0 Å². The summed E-state index contributed by atoms with van der Waals surface area (Å²) in [5, 5.41) is 4.96. The molecular formula is C15H24F3N3O3S. The van der Waals surface area contributed by atoms with E-state index in [1.807, 2.05) is 27.7 Å². The molecule has 0 atom stereocenters. The highest BCUT2D eigenvalue weighted by Gasteiger charge is 2.36. The van der Waals surface area contributed by atoms with E-state index in [1.165, 1.54) is 0 Å². The van der Waals surface area contributed by atoms with Gasteiger partial charge in [0, 0.05) is 19.7 Å². The van der Waals surface area contributed by atoms with Crippen molar-refractivity contribution in [1.29, 1.82) is 0 Å². The van der Waals surface area contributed by atoms with E-state index < -0.39 is 17.8 Å². The van der Waals surface area contributed by atoms with Crippen LogP contribution in [0, 0.1) is 11.8 Å². The smallest absolute Gasteiger partial charge is 0.445 e. The van der Waals surface area contributed by atoms with Gasteiger partial charge in [-0.15, -0.1) is 5.10 Å². The van der Waals surface area contributed by atoms with Gasteiger partial charge in [-0.3, -0.25) is 4.79 Å². The van der Waals surface area contributed by atoms with E-state index in [0.29, 0.717) is 13.2 Å². The lowest BCUT2D eigenvalue weighted by Crippen LogP contribution is -2.49. The molecule has 1 aromatic heterocycles. The predicted octanol–water partition coefficient (Wildman–Crippen LogP) is 3.09. The summed E-state index contributed by atoms with van der Waals surface area (Å²) in [6, 6.07) is -0.0357. The van der Waals surface area contributed by atoms with Crippen molar-refractivity contribution >= 4 is 17.2 Å². The predicted molar refractivity (Wildman–Crippen MR) is 87.5 cm³/mol. The molecule has 10 heteroatoms. The fourth-order valence-corrected chi connectivity index (χ4v) is 3.27. The van der Waals surface area contributed by atoms with Crippen LogP contribution < -0.4 is 4.74 Å². The number of carbonyl (C=O) groups is 1. The van der Waals surface area contributed by atoms with Gasteiger partial charge in [0.1, 0.15) is 0 Å². The van der Waals surface area contributed by atoms with Crippen LogP contribution in [0.5, 0.6) is 5.19 Å². The average molecular weight is 383 g/mol. The molecule has 144 valence electrons. The molecule has 1 heterocycles. The van der Waals surface area contributed by atoms with Gasteiger partial charge in [-0.1, -0.05) is 44.1 Å². The Bertz CT molecular complexity index is 542. The molecule has 0 radical (unpaired) electrons. The maximum atomic E-state index is 12.6. The zero-order valence-electron chi connectivity index (χ0n) is 15.0. The third-order valence-corrected chi connectivity index (χ3v) is 4.43. The van der Waals surface area contributed by atoms with Crippen LogP contribution >= 0.6 is 11.3 Å². The maximum absolute atomic E-state index is 12.6. The van der Waals surface area contributed by atoms with E-state index in [9.17, 15) is 18.0 Å². The number of halogens is 3. The zero-order valence-corrected chi connectivity index (χ0v) is 15.8. The zero-order chi connectivity index (χ0) is 19.2. The van der Waals surface area contributed by atoms with Crippen molar-refractivity contribution in [2.24, 2.45) is 11.8 Å². The fraction of sp³-hybridized carbons (Fsp3) is 0.800. The Labute approximate surface area is 149 Å². The van der Waals surface area contributed by atoms with Crippen molar-refractivity contribution in [1.82, 2.24) is 15.1 Å². The molecule has 0 aliphatic rings. The summed E-state index contributed by atoms with van der Waals surface area (Å²) in [6.45, 7) is 8.39. The first-order valence-electron chi connectivity index (χ1n) is 7.89. The Hall–Kier alpha value is -1.42. The highest BCUT2D eigenvalue weighted by molar-refractivity contribution is 7.13. The first-order chi connectivity index (χ1) is 11.6. The second-order valence-corrected chi connectivity index (χ2v) is 7.16. The van der Waals surface area contributed by atoms with Crippen LogP contribution in [0.2, 0.25) is 0 Å². The molecule has 0 unspecified atom stereocenters. The third-order valence-electron chi connectivity index (χ3n) is 3.55. The lowest BCUT2D eigenvalue weighted by atomic mass is 9.91. The van der Waals surface area contributed by atoms with Gasteiger partial charge in [-0.05, 0) is 11.8 Å². The number of aromatic nitrogens is 2. The number of hydrogen-bond donors (Lipinski definition) is 0. The van der Waals surface area contributed by atoms with Crippen LogP contribution in [0.4, 0.5) is 13.2 Å². The Morgan fingerprint density at radius 1 is 1.20 bits per heavy atom. The van der Waals surface area contributed by atoms with Gasteiger partial charge in [0.05, 0.1) is 6.61 Å². The van der Waals surface area contributed by atoms with Crippen LogP contribution in [0.3, 0.4) is 0 Å². The number of carbonyl (C=O) groups excluding carboxylic acids is 1. The lowest BCUT2D eigenvalue weighted by molar-refractivity contribution is -0.139. The van der Waals surface area contributed by atoms with Crippen molar-refractivity contribution in [3.05, 3.63) is 5.01 Å². The van der Waals surface area contributed by atoms with Gasteiger partial charge in [-0.25, -0.2) is 0 Å². The molecule has 1 amide bonds. The highest BCUT2D eigenvalue weighted by Crippen LogP contribution is 2.33. The van der Waals surface area contributed by atoms with E-state index in [0.717, 1.165) is 0 Å². The molecule has 0 fully saturated rings. The molecule has 0 saturated carbocycles. The summed E-state index contributed by atoms with van der Waals surface area (Å²) < 4.78 is 47.7. The number of alkyl halides is 3. The van der Waals surface area contributed by atoms with E-state index in [-0.39, 0.29) is 40.3 Å². The number of rotatable bonds is 9. The van der Waals surface area contributed by atoms with E-state index in [2.05, 4.69) is 10.2 Å². The molecule has 0 N–H and O–H groups in total. The van der Waals surface area contributed by atoms with Gasteiger partial charge in [0.15, 0.2) is 6.61 Å². The lowest BCUT2D eigenvalue weighted by Gasteiger charge is -2.37. The molecule has 0 aliphatic heterocycles. The molecule has 1 aromatic rings. The van der Waals surface area contributed by atoms with Crippen LogP contribution in [0.1, 0.15) is 32.7 Å². The molecule has 0 spiro atoms. The molecule has 1 rings (SSSR count). The summed E-state index contributed by atoms with van der Waals surface area (Å²) in [5.74, 6) is 0.0894. The first-order valence-corrected chi connectivity index (χ1v) is 8.71. The van der Waals surface area contributed by atoms with E-state index in [4.69, 9.17) is 9.47 Å². The summed E-state index contributed by atoms with van der Waals surface area (Å²) >= 11 is 0.268. The normalized spacial score (nSPS) is 12.3. The topological polar surface area (TPSA) is 64.5 Å². The van der Waals surface area contributed by atoms with Crippen molar-refractivity contribution in [3.8, 4) is 5.19 Å². The Morgan fingerprint density at radius 3 is 2.24 bits per heavy atom. The van der Waals surface area contributed by atoms with Crippen molar-refractivity contribution < 1.29 is 27.4 Å². The summed E-state index contributed by atoms with van der Waals surface area (Å²) in [5.41, 5.74) is 0. The minimum Gasteiger partial charge on any atom is -0.459 e. The minimum atomic E-state index is -4.58. The Morgan fingerprint density at radius 2 is 1.80 bits per heavy atom. The van der Waals surface area contributed by atoms with Crippen molar-refractivity contribution in [3.63, 3.8) is 0 Å². The van der Waals surface area contributed by atoms with E-state index >= 15 is 0 Å². The van der Waals surface area contributed by atoms with Gasteiger partial charge in [0.2, 0.25) is 5.01 Å². The minimum absolute atomic E-state index is 0.0357. The Balaban J connectivity index is 2.79. The molecule has 0 saturated heterocycles. The molecule has 0 aromatic carbocycles. The number of nitrogens with zero attached hydrogens (tertiary/aromatic N) is 3. The molecule has 25 heavy (non-hydrogen) atoms. The van der Waals surface area contributed by atoms with E-state index in [1.54, 1.807) is 12.0 Å². The summed E-state index contributed by atoms with van der Waals surface area (Å²) in [4.78, 5) is 14.2. The standard InChI is InChI=1S/C15H24F3N3O3S/c1-9(2)12(10(3)4)21(6-7-23-5)11(22)8-24-14-20-19-13(25-14)15(16,17)18/h9-10,12H,6-8H2,1-5H3. The van der Waals surface area contributed by atoms with Crippen molar-refractivity contribution in [2.75, 3.05) is 26.9 Å². The quantitative estimate of drug-likeness (QED) is 0.656. The first kappa shape index (κ1) is 21.6. The number of hydrogen-bond acceptors (Lipinski definition) is 6. The largest absolute Gasteiger partial charge is 0.459 e. The van der Waals surface area contributed by atoms with Gasteiger partial charge >= 0.3 is 6.18 Å².